The van der Waals surface area contributed by atoms with Gasteiger partial charge in [0, 0.05) is 38.4 Å². The van der Waals surface area contributed by atoms with Crippen LogP contribution in [0.2, 0.25) is 0 Å². The number of nitrogens with zero attached hydrogens (tertiary/aromatic N) is 2. The number of hydrogen-bond acceptors (Lipinski definition) is 0. The third-order valence-corrected chi connectivity index (χ3v) is 14.3. The first kappa shape index (κ1) is 38.9. The zero-order valence-corrected chi connectivity index (χ0v) is 37.1. The van der Waals surface area contributed by atoms with E-state index in [1.165, 1.54) is 138 Å². The van der Waals surface area contributed by atoms with E-state index in [0.29, 0.717) is 0 Å². The van der Waals surface area contributed by atoms with Crippen LogP contribution < -0.4 is 38.2 Å². The fourth-order valence-electron chi connectivity index (χ4n) is 10.7. The number of benzene rings is 9. The molecule has 63 heavy (non-hydrogen) atoms. The van der Waals surface area contributed by atoms with Crippen LogP contribution in [0.1, 0.15) is 0 Å². The number of aromatic nitrogens is 2. The van der Waals surface area contributed by atoms with Crippen LogP contribution in [0.25, 0.3) is 99.5 Å². The number of para-hydroxylation sites is 1. The highest BCUT2D eigenvalue weighted by Gasteiger charge is 2.26. The Morgan fingerprint density at radius 1 is 0.302 bits per heavy atom. The maximum Gasteiger partial charge on any atom is 0.141 e. The minimum atomic E-state index is 1.17. The Hall–Kier alpha value is -6.97. The van der Waals surface area contributed by atoms with E-state index in [2.05, 4.69) is 240 Å². The van der Waals surface area contributed by atoms with Crippen molar-refractivity contribution in [3.8, 4) is 55.9 Å². The van der Waals surface area contributed by atoms with Gasteiger partial charge in [0.2, 0.25) is 0 Å². The molecule has 0 aliphatic carbocycles. The normalized spacial score (nSPS) is 11.6. The van der Waals surface area contributed by atoms with Gasteiger partial charge in [-0.15, -0.1) is 5.46 Å². The molecule has 0 unspecified atom stereocenters. The summed E-state index contributed by atoms with van der Waals surface area (Å²) in [6.07, 6.45) is 0. The summed E-state index contributed by atoms with van der Waals surface area (Å²) >= 11 is 0. The highest BCUT2D eigenvalue weighted by molar-refractivity contribution is 6.69. The summed E-state index contributed by atoms with van der Waals surface area (Å²) in [4.78, 5) is 0. The van der Waals surface area contributed by atoms with E-state index in [1.54, 1.807) is 0 Å². The third kappa shape index (κ3) is 5.97. The standard InChI is InChI=1S/C54H43B7N2/c55-46-42(47(56)51(60)53-44(46)45-48(57)49(58)50(59)52(61)54(45)62(53)35-26-23-31(24-27-35)30-13-4-1-5-14-30)34-25-28-40-38(29-34)43-37(33-17-8-3-9-18-33)20-12-22-41(43)63(40)39-21-11-10-19-36(39)32-15-6-2-7-16-32/h1-29H,55-61H2. The van der Waals surface area contributed by atoms with Crippen LogP contribution >= 0.6 is 0 Å². The third-order valence-electron chi connectivity index (χ3n) is 14.3. The SMILES string of the molecule is Bc1c(B)c(B)c2c(c1B)c1c(B)c(-c3ccc4c(c3)c3c(-c5ccccc5)cccc3n4-c3ccccc3-c3ccccc3)c(B)c(B)c1n2-c1ccc(-c2ccccc2)cc1. The van der Waals surface area contributed by atoms with E-state index in [0.717, 1.165) is 0 Å². The van der Waals surface area contributed by atoms with Gasteiger partial charge in [-0.1, -0.05) is 172 Å². The molecule has 0 aliphatic rings. The first-order chi connectivity index (χ1) is 30.7. The Balaban J connectivity index is 1.21. The van der Waals surface area contributed by atoms with E-state index in [9.17, 15) is 0 Å². The lowest BCUT2D eigenvalue weighted by Crippen LogP contribution is -2.48. The second kappa shape index (κ2) is 15.1. The van der Waals surface area contributed by atoms with Gasteiger partial charge in [0.1, 0.15) is 54.9 Å². The van der Waals surface area contributed by atoms with Gasteiger partial charge in [-0.25, -0.2) is 0 Å². The second-order valence-electron chi connectivity index (χ2n) is 17.5. The Bertz CT molecular complexity index is 3620. The topological polar surface area (TPSA) is 9.86 Å². The molecule has 9 heteroatoms. The zero-order valence-electron chi connectivity index (χ0n) is 37.1. The molecule has 2 heterocycles. The van der Waals surface area contributed by atoms with Crippen molar-refractivity contribution in [1.29, 1.82) is 0 Å². The predicted octanol–water partition coefficient (Wildman–Crippen LogP) is 2.36. The lowest BCUT2D eigenvalue weighted by atomic mass is 9.64. The first-order valence-electron chi connectivity index (χ1n) is 22.2. The van der Waals surface area contributed by atoms with Crippen LogP contribution in [-0.4, -0.2) is 64.1 Å². The molecule has 0 saturated carbocycles. The fraction of sp³-hybridized carbons (Fsp3) is 0. The van der Waals surface area contributed by atoms with Crippen LogP contribution in [0.5, 0.6) is 0 Å². The maximum atomic E-state index is 2.57. The number of rotatable bonds is 6. The zero-order chi connectivity index (χ0) is 43.1. The van der Waals surface area contributed by atoms with Crippen molar-refractivity contribution in [2.75, 3.05) is 0 Å². The predicted molar refractivity (Wildman–Crippen MR) is 294 cm³/mol. The maximum absolute atomic E-state index is 2.57. The van der Waals surface area contributed by atoms with Gasteiger partial charge in [-0.3, -0.25) is 0 Å². The molecule has 0 fully saturated rings. The van der Waals surface area contributed by atoms with Crippen LogP contribution in [0.15, 0.2) is 176 Å². The van der Waals surface area contributed by atoms with Gasteiger partial charge in [0.05, 0.1) is 16.7 Å². The summed E-state index contributed by atoms with van der Waals surface area (Å²) < 4.78 is 5.06. The average Bonchev–Trinajstić information content (AvgIpc) is 3.87. The van der Waals surface area contributed by atoms with Gasteiger partial charge >= 0.3 is 0 Å². The molecule has 2 nitrogen and oxygen atoms in total. The van der Waals surface area contributed by atoms with Gasteiger partial charge in [-0.2, -0.15) is 0 Å². The molecule has 9 aromatic carbocycles. The van der Waals surface area contributed by atoms with Gasteiger partial charge < -0.3 is 9.13 Å². The molecule has 290 valence electrons. The summed E-state index contributed by atoms with van der Waals surface area (Å²) in [5.74, 6) is 0. The molecule has 11 rings (SSSR count). The lowest BCUT2D eigenvalue weighted by Gasteiger charge is -2.19. The molecular weight excluding hydrogens is 752 g/mol. The summed E-state index contributed by atoms with van der Waals surface area (Å²) in [5.41, 5.74) is 26.6. The van der Waals surface area contributed by atoms with Crippen molar-refractivity contribution < 1.29 is 0 Å². The smallest absolute Gasteiger partial charge is 0.141 e. The second-order valence-corrected chi connectivity index (χ2v) is 17.5. The number of fused-ring (bicyclic) bond motifs is 6. The van der Waals surface area contributed by atoms with Crippen molar-refractivity contribution >= 4 is 137 Å². The van der Waals surface area contributed by atoms with Crippen LogP contribution in [0.3, 0.4) is 0 Å². The van der Waals surface area contributed by atoms with Crippen molar-refractivity contribution in [3.63, 3.8) is 0 Å². The highest BCUT2D eigenvalue weighted by atomic mass is 15.0. The van der Waals surface area contributed by atoms with E-state index in [4.69, 9.17) is 0 Å². The lowest BCUT2D eigenvalue weighted by molar-refractivity contribution is 1.18. The van der Waals surface area contributed by atoms with Crippen LogP contribution in [0.4, 0.5) is 0 Å². The van der Waals surface area contributed by atoms with E-state index in [-0.39, 0.29) is 0 Å². The van der Waals surface area contributed by atoms with Crippen LogP contribution in [-0.2, 0) is 0 Å². The van der Waals surface area contributed by atoms with Gasteiger partial charge in [0.15, 0.2) is 0 Å². The van der Waals surface area contributed by atoms with Gasteiger partial charge in [0.25, 0.3) is 0 Å². The summed E-state index contributed by atoms with van der Waals surface area (Å²) in [5, 5.41) is 5.23. The summed E-state index contributed by atoms with van der Waals surface area (Å²) in [6.45, 7) is 0. The molecule has 2 aromatic heterocycles. The fourth-order valence-corrected chi connectivity index (χ4v) is 10.7. The van der Waals surface area contributed by atoms with E-state index >= 15 is 0 Å². The van der Waals surface area contributed by atoms with E-state index < -0.39 is 0 Å². The Labute approximate surface area is 375 Å². The highest BCUT2D eigenvalue weighted by Crippen LogP contribution is 2.42. The largest absolute Gasteiger partial charge is 0.310 e. The first-order valence-corrected chi connectivity index (χ1v) is 22.2. The monoisotopic (exact) mass is 796 g/mol. The molecule has 0 N–H and O–H groups in total. The summed E-state index contributed by atoms with van der Waals surface area (Å²) in [7, 11) is 16.3. The van der Waals surface area contributed by atoms with Crippen LogP contribution in [0, 0.1) is 0 Å². The Kier molecular flexibility index (Phi) is 9.35. The van der Waals surface area contributed by atoms with Crippen molar-refractivity contribution in [1.82, 2.24) is 9.13 Å². The molecule has 0 aliphatic heterocycles. The molecule has 0 saturated heterocycles. The summed E-state index contributed by atoms with van der Waals surface area (Å²) in [6, 6.07) is 64.4. The molecule has 0 atom stereocenters. The Morgan fingerprint density at radius 2 is 0.810 bits per heavy atom. The average molecular weight is 796 g/mol. The minimum absolute atomic E-state index is 1.17. The number of hydrogen-bond donors (Lipinski definition) is 0. The molecule has 0 amide bonds. The quantitative estimate of drug-likeness (QED) is 0.229. The minimum Gasteiger partial charge on any atom is -0.310 e. The van der Waals surface area contributed by atoms with Crippen molar-refractivity contribution in [3.05, 3.63) is 176 Å². The van der Waals surface area contributed by atoms with Crippen molar-refractivity contribution in [2.24, 2.45) is 0 Å². The van der Waals surface area contributed by atoms with Gasteiger partial charge in [-0.05, 0) is 80.7 Å². The molecule has 11 aromatic rings. The molecule has 0 spiro atoms. The molecule has 0 radical (unpaired) electrons. The van der Waals surface area contributed by atoms with E-state index in [1.807, 2.05) is 0 Å². The molecular formula is C54H43B7N2. The Morgan fingerprint density at radius 3 is 1.48 bits per heavy atom. The van der Waals surface area contributed by atoms with Crippen molar-refractivity contribution in [2.45, 2.75) is 0 Å². The molecule has 0 bridgehead atoms.